The lowest BCUT2D eigenvalue weighted by molar-refractivity contribution is -0.137. The molecule has 2 aromatic carbocycles. The van der Waals surface area contributed by atoms with Crippen LogP contribution in [0.3, 0.4) is 0 Å². The minimum absolute atomic E-state index is 0.114. The fourth-order valence-electron chi connectivity index (χ4n) is 1.85. The summed E-state index contributed by atoms with van der Waals surface area (Å²) in [6, 6.07) is 8.04. The Kier molecular flexibility index (Phi) is 5.43. The van der Waals surface area contributed by atoms with Crippen LogP contribution in [0, 0.1) is 5.82 Å². The summed E-state index contributed by atoms with van der Waals surface area (Å²) in [5.41, 5.74) is -1.01. The van der Waals surface area contributed by atoms with Crippen LogP contribution in [0.5, 0.6) is 0 Å². The molecular formula is C15H12F4N2O3S. The van der Waals surface area contributed by atoms with Gasteiger partial charge in [0.05, 0.1) is 17.0 Å². The summed E-state index contributed by atoms with van der Waals surface area (Å²) in [6.07, 6.45) is -4.69. The molecule has 0 aliphatic carbocycles. The molecule has 0 bridgehead atoms. The maximum atomic E-state index is 13.0. The summed E-state index contributed by atoms with van der Waals surface area (Å²) in [4.78, 5) is 11.1. The van der Waals surface area contributed by atoms with Crippen LogP contribution in [-0.2, 0) is 21.0 Å². The Morgan fingerprint density at radius 1 is 1.04 bits per heavy atom. The van der Waals surface area contributed by atoms with Gasteiger partial charge in [-0.2, -0.15) is 13.2 Å². The smallest absolute Gasteiger partial charge is 0.325 e. The molecule has 0 aliphatic heterocycles. The number of halogens is 4. The van der Waals surface area contributed by atoms with Gasteiger partial charge in [-0.15, -0.1) is 0 Å². The minimum atomic E-state index is -4.69. The van der Waals surface area contributed by atoms with Crippen molar-refractivity contribution in [3.8, 4) is 0 Å². The number of carbonyl (C=O) groups is 1. The van der Waals surface area contributed by atoms with Gasteiger partial charge in [0.2, 0.25) is 15.9 Å². The molecule has 10 heteroatoms. The van der Waals surface area contributed by atoms with E-state index in [1.54, 1.807) is 0 Å². The number of sulfonamides is 1. The molecule has 0 aromatic heterocycles. The van der Waals surface area contributed by atoms with Gasteiger partial charge in [0.1, 0.15) is 5.82 Å². The van der Waals surface area contributed by atoms with Crippen LogP contribution >= 0.6 is 0 Å². The van der Waals surface area contributed by atoms with E-state index in [2.05, 4.69) is 5.32 Å². The number of anilines is 1. The van der Waals surface area contributed by atoms with Crippen molar-refractivity contribution < 1.29 is 30.8 Å². The van der Waals surface area contributed by atoms with Crippen LogP contribution in [0.1, 0.15) is 5.56 Å². The number of carbonyl (C=O) groups excluding carboxylic acids is 1. The lowest BCUT2D eigenvalue weighted by atomic mass is 10.2. The van der Waals surface area contributed by atoms with Gasteiger partial charge < -0.3 is 5.32 Å². The Morgan fingerprint density at radius 2 is 1.72 bits per heavy atom. The highest BCUT2D eigenvalue weighted by atomic mass is 32.2. The van der Waals surface area contributed by atoms with Crippen LogP contribution < -0.4 is 10.0 Å². The van der Waals surface area contributed by atoms with Gasteiger partial charge in [0.25, 0.3) is 0 Å². The van der Waals surface area contributed by atoms with Crippen LogP contribution in [0.2, 0.25) is 0 Å². The summed E-state index contributed by atoms with van der Waals surface area (Å²) < 4.78 is 76.8. The number of rotatable bonds is 5. The van der Waals surface area contributed by atoms with Gasteiger partial charge in [-0.1, -0.05) is 12.1 Å². The molecule has 2 aromatic rings. The fraction of sp³-hybridized carbons (Fsp3) is 0.133. The molecule has 0 aliphatic rings. The monoisotopic (exact) mass is 376 g/mol. The van der Waals surface area contributed by atoms with E-state index in [0.717, 1.165) is 30.3 Å². The van der Waals surface area contributed by atoms with E-state index in [9.17, 15) is 30.8 Å². The Morgan fingerprint density at radius 3 is 2.36 bits per heavy atom. The van der Waals surface area contributed by atoms with E-state index < -0.39 is 44.9 Å². The van der Waals surface area contributed by atoms with Crippen molar-refractivity contribution in [1.29, 1.82) is 0 Å². The van der Waals surface area contributed by atoms with E-state index in [-0.39, 0.29) is 5.69 Å². The molecule has 5 nitrogen and oxygen atoms in total. The lowest BCUT2D eigenvalue weighted by Crippen LogP contribution is -2.33. The Hall–Kier alpha value is -2.46. The first-order valence-corrected chi connectivity index (χ1v) is 8.28. The highest BCUT2D eigenvalue weighted by molar-refractivity contribution is 7.89. The second kappa shape index (κ2) is 7.19. The van der Waals surface area contributed by atoms with Crippen LogP contribution in [0.15, 0.2) is 53.4 Å². The van der Waals surface area contributed by atoms with Crippen LogP contribution in [0.4, 0.5) is 23.2 Å². The highest BCUT2D eigenvalue weighted by Gasteiger charge is 2.31. The molecule has 2 N–H and O–H groups in total. The third kappa shape index (κ3) is 5.26. The second-order valence-corrected chi connectivity index (χ2v) is 6.68. The Labute approximate surface area is 140 Å². The quantitative estimate of drug-likeness (QED) is 0.788. The van der Waals surface area contributed by atoms with Crippen LogP contribution in [-0.4, -0.2) is 20.9 Å². The van der Waals surface area contributed by atoms with E-state index in [1.165, 1.54) is 12.1 Å². The van der Waals surface area contributed by atoms with Crippen molar-refractivity contribution in [2.45, 2.75) is 11.1 Å². The van der Waals surface area contributed by atoms with Crippen molar-refractivity contribution in [2.24, 2.45) is 0 Å². The van der Waals surface area contributed by atoms with Crippen molar-refractivity contribution in [3.05, 3.63) is 59.9 Å². The molecule has 0 fully saturated rings. The highest BCUT2D eigenvalue weighted by Crippen LogP contribution is 2.30. The molecule has 0 saturated heterocycles. The summed E-state index contributed by atoms with van der Waals surface area (Å²) in [5.74, 6) is -1.40. The van der Waals surface area contributed by atoms with Gasteiger partial charge in [0.15, 0.2) is 0 Å². The summed E-state index contributed by atoms with van der Waals surface area (Å²) in [5, 5.41) is 2.26. The topological polar surface area (TPSA) is 75.3 Å². The number of nitrogens with one attached hydrogen (secondary N) is 2. The predicted molar refractivity (Wildman–Crippen MR) is 81.7 cm³/mol. The Balaban J connectivity index is 2.05. The molecule has 0 heterocycles. The first-order valence-electron chi connectivity index (χ1n) is 6.80. The standard InChI is InChI=1S/C15H12F4N2O3S/c16-11-4-2-5-12(8-11)21-14(22)9-20-25(23,24)13-6-1-3-10(7-13)15(17,18)19/h1-8,20H,9H2,(H,21,22). The van der Waals surface area contributed by atoms with Crippen molar-refractivity contribution >= 4 is 21.6 Å². The average molecular weight is 376 g/mol. The maximum Gasteiger partial charge on any atom is 0.416 e. The summed E-state index contributed by atoms with van der Waals surface area (Å²) in [6.45, 7) is -0.727. The Bertz CT molecular complexity index is 882. The van der Waals surface area contributed by atoms with Crippen molar-refractivity contribution in [1.82, 2.24) is 4.72 Å². The van der Waals surface area contributed by atoms with Gasteiger partial charge in [-0.3, -0.25) is 4.79 Å². The molecule has 2 rings (SSSR count). The van der Waals surface area contributed by atoms with E-state index in [0.29, 0.717) is 6.07 Å². The van der Waals surface area contributed by atoms with Crippen molar-refractivity contribution in [3.63, 3.8) is 0 Å². The van der Waals surface area contributed by atoms with E-state index in [1.807, 2.05) is 4.72 Å². The molecular weight excluding hydrogens is 364 g/mol. The number of hydrogen-bond acceptors (Lipinski definition) is 3. The third-order valence-electron chi connectivity index (χ3n) is 3.00. The number of hydrogen-bond donors (Lipinski definition) is 2. The third-order valence-corrected chi connectivity index (χ3v) is 4.40. The molecule has 134 valence electrons. The first kappa shape index (κ1) is 18.9. The van der Waals surface area contributed by atoms with Gasteiger partial charge in [0, 0.05) is 5.69 Å². The molecule has 0 unspecified atom stereocenters. The zero-order chi connectivity index (χ0) is 18.7. The van der Waals surface area contributed by atoms with Crippen molar-refractivity contribution in [2.75, 3.05) is 11.9 Å². The summed E-state index contributed by atoms with van der Waals surface area (Å²) >= 11 is 0. The van der Waals surface area contributed by atoms with Gasteiger partial charge >= 0.3 is 6.18 Å². The number of amides is 1. The summed E-state index contributed by atoms with van der Waals surface area (Å²) in [7, 11) is -4.32. The molecule has 0 spiro atoms. The zero-order valence-electron chi connectivity index (χ0n) is 12.5. The van der Waals surface area contributed by atoms with Crippen LogP contribution in [0.25, 0.3) is 0 Å². The normalized spacial score (nSPS) is 12.0. The molecule has 0 radical (unpaired) electrons. The fourth-order valence-corrected chi connectivity index (χ4v) is 2.88. The predicted octanol–water partition coefficient (Wildman–Crippen LogP) is 2.76. The molecule has 0 atom stereocenters. The lowest BCUT2D eigenvalue weighted by Gasteiger charge is -2.10. The maximum absolute atomic E-state index is 13.0. The number of alkyl halides is 3. The van der Waals surface area contributed by atoms with E-state index >= 15 is 0 Å². The zero-order valence-corrected chi connectivity index (χ0v) is 13.3. The van der Waals surface area contributed by atoms with Gasteiger partial charge in [-0.05, 0) is 36.4 Å². The van der Waals surface area contributed by atoms with E-state index in [4.69, 9.17) is 0 Å². The first-order chi connectivity index (χ1) is 11.6. The molecule has 25 heavy (non-hydrogen) atoms. The SMILES string of the molecule is O=C(CNS(=O)(=O)c1cccc(C(F)(F)F)c1)Nc1cccc(F)c1. The largest absolute Gasteiger partial charge is 0.416 e. The number of benzene rings is 2. The molecule has 0 saturated carbocycles. The molecule has 1 amide bonds. The van der Waals surface area contributed by atoms with Gasteiger partial charge in [-0.25, -0.2) is 17.5 Å². The minimum Gasteiger partial charge on any atom is -0.325 e. The average Bonchev–Trinajstić information content (AvgIpc) is 2.52. The second-order valence-electron chi connectivity index (χ2n) is 4.91.